The van der Waals surface area contributed by atoms with Gasteiger partial charge in [-0.25, -0.2) is 0 Å². The Kier molecular flexibility index (Phi) is 4.23. The van der Waals surface area contributed by atoms with Crippen molar-refractivity contribution in [3.8, 4) is 0 Å². The molecule has 2 nitrogen and oxygen atoms in total. The number of aliphatic hydroxyl groups excluding tert-OH is 1. The largest absolute Gasteiger partial charge is 0.416 e. The van der Waals surface area contributed by atoms with E-state index in [0.717, 1.165) is 0 Å². The second-order valence-electron chi connectivity index (χ2n) is 3.18. The minimum Gasteiger partial charge on any atom is -0.382 e. The molecule has 2 atom stereocenters. The smallest absolute Gasteiger partial charge is 0.382 e. The Hall–Kier alpha value is -0.300. The van der Waals surface area contributed by atoms with E-state index in [1.54, 1.807) is 6.07 Å². The third kappa shape index (κ3) is 3.10. The standard InChI is InChI=1S/C9H8BrClF3NO/c10-4-1-2-6(11)5(3-4)7(15)8(16)9(12,13)14/h1-3,7-8,16H,15H2/t7-,8-/m0/s1. The van der Waals surface area contributed by atoms with E-state index in [2.05, 4.69) is 15.9 Å². The van der Waals surface area contributed by atoms with E-state index in [0.29, 0.717) is 4.47 Å². The lowest BCUT2D eigenvalue weighted by molar-refractivity contribution is -0.210. The molecule has 7 heteroatoms. The molecule has 90 valence electrons. The van der Waals surface area contributed by atoms with Gasteiger partial charge in [0.1, 0.15) is 0 Å². The Labute approximate surface area is 103 Å². The number of hydrogen-bond acceptors (Lipinski definition) is 2. The van der Waals surface area contributed by atoms with Crippen LogP contribution >= 0.6 is 27.5 Å². The fraction of sp³-hybridized carbons (Fsp3) is 0.333. The van der Waals surface area contributed by atoms with Gasteiger partial charge in [0.15, 0.2) is 6.10 Å². The lowest BCUT2D eigenvalue weighted by Crippen LogP contribution is -2.39. The average Bonchev–Trinajstić information content (AvgIpc) is 2.18. The van der Waals surface area contributed by atoms with Crippen LogP contribution in [0.5, 0.6) is 0 Å². The minimum atomic E-state index is -4.77. The third-order valence-electron chi connectivity index (χ3n) is 1.99. The number of halogens is 5. The van der Waals surface area contributed by atoms with Gasteiger partial charge >= 0.3 is 6.18 Å². The van der Waals surface area contributed by atoms with E-state index in [4.69, 9.17) is 22.4 Å². The minimum absolute atomic E-state index is 0.0425. The van der Waals surface area contributed by atoms with Crippen molar-refractivity contribution in [2.45, 2.75) is 18.3 Å². The van der Waals surface area contributed by atoms with Crippen molar-refractivity contribution in [3.05, 3.63) is 33.3 Å². The molecule has 0 unspecified atom stereocenters. The van der Waals surface area contributed by atoms with Gasteiger partial charge in [-0.05, 0) is 23.8 Å². The molecule has 0 saturated heterocycles. The third-order valence-corrected chi connectivity index (χ3v) is 2.83. The Morgan fingerprint density at radius 1 is 1.38 bits per heavy atom. The maximum atomic E-state index is 12.2. The van der Waals surface area contributed by atoms with E-state index >= 15 is 0 Å². The summed E-state index contributed by atoms with van der Waals surface area (Å²) in [5.74, 6) is 0. The van der Waals surface area contributed by atoms with Crippen molar-refractivity contribution in [2.24, 2.45) is 5.73 Å². The number of alkyl halides is 3. The summed E-state index contributed by atoms with van der Waals surface area (Å²) in [6, 6.07) is 2.72. The van der Waals surface area contributed by atoms with Crippen LogP contribution < -0.4 is 5.73 Å². The molecule has 0 amide bonds. The maximum Gasteiger partial charge on any atom is 0.416 e. The predicted octanol–water partition coefficient (Wildman–Crippen LogP) is 3.03. The second-order valence-corrected chi connectivity index (χ2v) is 4.50. The van der Waals surface area contributed by atoms with Crippen molar-refractivity contribution < 1.29 is 18.3 Å². The van der Waals surface area contributed by atoms with Crippen molar-refractivity contribution in [2.75, 3.05) is 0 Å². The fourth-order valence-electron chi connectivity index (χ4n) is 1.14. The van der Waals surface area contributed by atoms with Crippen LogP contribution in [0.15, 0.2) is 22.7 Å². The van der Waals surface area contributed by atoms with Gasteiger partial charge in [0.05, 0.1) is 6.04 Å². The number of hydrogen-bond donors (Lipinski definition) is 2. The normalized spacial score (nSPS) is 15.9. The van der Waals surface area contributed by atoms with Gasteiger partial charge in [0.25, 0.3) is 0 Å². The number of benzene rings is 1. The quantitative estimate of drug-likeness (QED) is 0.880. The van der Waals surface area contributed by atoms with Gasteiger partial charge in [0.2, 0.25) is 0 Å². The zero-order chi connectivity index (χ0) is 12.5. The molecule has 1 aromatic carbocycles. The summed E-state index contributed by atoms with van der Waals surface area (Å²) in [7, 11) is 0. The van der Waals surface area contributed by atoms with Crippen LogP contribution in [0.4, 0.5) is 13.2 Å². The monoisotopic (exact) mass is 317 g/mol. The van der Waals surface area contributed by atoms with Crippen LogP contribution in [0.1, 0.15) is 11.6 Å². The van der Waals surface area contributed by atoms with E-state index in [1.807, 2.05) is 0 Å². The second kappa shape index (κ2) is 4.91. The molecule has 0 saturated carbocycles. The highest BCUT2D eigenvalue weighted by Gasteiger charge is 2.43. The van der Waals surface area contributed by atoms with E-state index < -0.39 is 18.3 Å². The summed E-state index contributed by atoms with van der Waals surface area (Å²) in [5.41, 5.74) is 5.36. The van der Waals surface area contributed by atoms with Crippen LogP contribution in [-0.2, 0) is 0 Å². The molecule has 0 heterocycles. The van der Waals surface area contributed by atoms with Crippen molar-refractivity contribution in [3.63, 3.8) is 0 Å². The van der Waals surface area contributed by atoms with E-state index in [9.17, 15) is 13.2 Å². The maximum absolute atomic E-state index is 12.2. The van der Waals surface area contributed by atoms with E-state index in [1.165, 1.54) is 12.1 Å². The number of aliphatic hydroxyl groups is 1. The summed E-state index contributed by atoms with van der Waals surface area (Å²) in [6.45, 7) is 0. The highest BCUT2D eigenvalue weighted by Crippen LogP contribution is 2.33. The Morgan fingerprint density at radius 2 is 1.94 bits per heavy atom. The highest BCUT2D eigenvalue weighted by molar-refractivity contribution is 9.10. The first-order valence-corrected chi connectivity index (χ1v) is 5.36. The number of rotatable bonds is 2. The molecule has 0 spiro atoms. The van der Waals surface area contributed by atoms with Crippen LogP contribution in [0, 0.1) is 0 Å². The molecule has 0 aromatic heterocycles. The van der Waals surface area contributed by atoms with Gasteiger partial charge in [0, 0.05) is 9.50 Å². The summed E-state index contributed by atoms with van der Waals surface area (Å²) < 4.78 is 37.2. The molecule has 0 aliphatic carbocycles. The lowest BCUT2D eigenvalue weighted by Gasteiger charge is -2.22. The zero-order valence-corrected chi connectivity index (χ0v) is 10.1. The molecule has 1 rings (SSSR count). The Bertz CT molecular complexity index is 386. The Balaban J connectivity index is 3.05. The Morgan fingerprint density at radius 3 is 2.44 bits per heavy atom. The van der Waals surface area contributed by atoms with Gasteiger partial charge in [-0.3, -0.25) is 0 Å². The summed E-state index contributed by atoms with van der Waals surface area (Å²) >= 11 is 8.79. The van der Waals surface area contributed by atoms with Crippen LogP contribution in [0.2, 0.25) is 5.02 Å². The summed E-state index contributed by atoms with van der Waals surface area (Å²) in [6.07, 6.45) is -7.41. The fourth-order valence-corrected chi connectivity index (χ4v) is 1.77. The molecule has 0 bridgehead atoms. The summed E-state index contributed by atoms with van der Waals surface area (Å²) in [4.78, 5) is 0. The van der Waals surface area contributed by atoms with Crippen molar-refractivity contribution in [1.29, 1.82) is 0 Å². The molecular formula is C9H8BrClF3NO. The van der Waals surface area contributed by atoms with Crippen LogP contribution in [0.3, 0.4) is 0 Å². The van der Waals surface area contributed by atoms with Gasteiger partial charge in [-0.15, -0.1) is 0 Å². The zero-order valence-electron chi connectivity index (χ0n) is 7.80. The molecule has 16 heavy (non-hydrogen) atoms. The molecular weight excluding hydrogens is 310 g/mol. The first kappa shape index (κ1) is 13.8. The molecule has 1 aromatic rings. The van der Waals surface area contributed by atoms with Crippen LogP contribution in [-0.4, -0.2) is 17.4 Å². The van der Waals surface area contributed by atoms with Gasteiger partial charge < -0.3 is 10.8 Å². The SMILES string of the molecule is N[C@@H](c1cc(Br)ccc1Cl)[C@H](O)C(F)(F)F. The molecule has 0 aliphatic heterocycles. The van der Waals surface area contributed by atoms with Crippen LogP contribution in [0.25, 0.3) is 0 Å². The highest BCUT2D eigenvalue weighted by atomic mass is 79.9. The van der Waals surface area contributed by atoms with Gasteiger partial charge in [-0.1, -0.05) is 27.5 Å². The predicted molar refractivity (Wildman–Crippen MR) is 58.1 cm³/mol. The lowest BCUT2D eigenvalue weighted by atomic mass is 10.0. The molecule has 0 radical (unpaired) electrons. The topological polar surface area (TPSA) is 46.2 Å². The average molecular weight is 319 g/mol. The first-order chi connectivity index (χ1) is 7.23. The molecule has 0 aliphatic rings. The number of nitrogens with two attached hydrogens (primary N) is 1. The summed E-state index contributed by atoms with van der Waals surface area (Å²) in [5, 5.41) is 9.08. The first-order valence-electron chi connectivity index (χ1n) is 4.19. The van der Waals surface area contributed by atoms with Crippen molar-refractivity contribution >= 4 is 27.5 Å². The van der Waals surface area contributed by atoms with Crippen molar-refractivity contribution in [1.82, 2.24) is 0 Å². The van der Waals surface area contributed by atoms with E-state index in [-0.39, 0.29) is 10.6 Å². The molecule has 0 fully saturated rings. The van der Waals surface area contributed by atoms with Gasteiger partial charge in [-0.2, -0.15) is 13.2 Å². The molecule has 3 N–H and O–H groups in total.